The van der Waals surface area contributed by atoms with Gasteiger partial charge in [-0.15, -0.1) is 0 Å². The SMILES string of the molecule is CC(Oc1c(F)cc(F)cc1-c1cccc(-n2ncc(C(=O)O)c2C(F)(F)F)n1)c1ccc(-c2ccc(C(F)(F)F)cc2)cc1. The van der Waals surface area contributed by atoms with Crippen molar-refractivity contribution < 1.29 is 49.8 Å². The van der Waals surface area contributed by atoms with Gasteiger partial charge in [0, 0.05) is 11.6 Å². The minimum Gasteiger partial charge on any atom is -0.482 e. The monoisotopic (exact) mass is 633 g/mol. The minimum absolute atomic E-state index is 0.203. The highest BCUT2D eigenvalue weighted by molar-refractivity contribution is 5.89. The molecule has 1 unspecified atom stereocenters. The van der Waals surface area contributed by atoms with E-state index in [0.29, 0.717) is 29.0 Å². The number of pyridine rings is 1. The third-order valence-corrected chi connectivity index (χ3v) is 6.72. The Hall–Kier alpha value is -5.27. The number of carboxylic acids is 1. The highest BCUT2D eigenvalue weighted by atomic mass is 19.4. The third kappa shape index (κ3) is 6.49. The first-order valence-electron chi connectivity index (χ1n) is 12.9. The van der Waals surface area contributed by atoms with Crippen LogP contribution in [0.3, 0.4) is 0 Å². The van der Waals surface area contributed by atoms with Crippen LogP contribution in [0.4, 0.5) is 35.1 Å². The van der Waals surface area contributed by atoms with Crippen molar-refractivity contribution >= 4 is 5.97 Å². The second-order valence-corrected chi connectivity index (χ2v) is 9.72. The largest absolute Gasteiger partial charge is 0.482 e. The molecule has 45 heavy (non-hydrogen) atoms. The maximum absolute atomic E-state index is 15.1. The number of carbonyl (C=O) groups is 1. The molecule has 0 fully saturated rings. The predicted molar refractivity (Wildman–Crippen MR) is 145 cm³/mol. The number of hydrogen-bond donors (Lipinski definition) is 1. The third-order valence-electron chi connectivity index (χ3n) is 6.72. The van der Waals surface area contributed by atoms with Crippen LogP contribution in [0.1, 0.15) is 40.2 Å². The van der Waals surface area contributed by atoms with Crippen LogP contribution in [0.25, 0.3) is 28.2 Å². The van der Waals surface area contributed by atoms with E-state index in [4.69, 9.17) is 4.74 Å². The average Bonchev–Trinajstić information content (AvgIpc) is 3.45. The zero-order chi connectivity index (χ0) is 32.7. The van der Waals surface area contributed by atoms with Gasteiger partial charge in [0.1, 0.15) is 17.5 Å². The quantitative estimate of drug-likeness (QED) is 0.181. The smallest absolute Gasteiger partial charge is 0.434 e. The molecule has 1 atom stereocenters. The number of hydrogen-bond acceptors (Lipinski definition) is 4. The molecule has 232 valence electrons. The predicted octanol–water partition coefficient (Wildman–Crippen LogP) is 8.76. The fraction of sp³-hybridized carbons (Fsp3) is 0.129. The van der Waals surface area contributed by atoms with Crippen LogP contribution in [-0.4, -0.2) is 25.8 Å². The molecule has 0 saturated heterocycles. The standard InChI is InChI=1S/C31H19F8N3O3/c1-16(17-5-7-18(8-6-17)19-9-11-20(12-10-19)30(34,35)36)45-27-22(13-21(32)14-24(27)33)25-3-2-4-26(41-25)42-28(31(37,38)39)23(15-40-42)29(43)44/h2-16H,1H3,(H,43,44). The number of ether oxygens (including phenoxy) is 1. The lowest BCUT2D eigenvalue weighted by molar-refractivity contribution is -0.143. The first kappa shape index (κ1) is 31.2. The van der Waals surface area contributed by atoms with E-state index in [1.54, 1.807) is 31.2 Å². The van der Waals surface area contributed by atoms with Crippen molar-refractivity contribution in [2.24, 2.45) is 0 Å². The number of halogens is 8. The first-order valence-corrected chi connectivity index (χ1v) is 12.9. The first-order chi connectivity index (χ1) is 21.1. The van der Waals surface area contributed by atoms with Crippen molar-refractivity contribution in [3.8, 4) is 34.0 Å². The Bertz CT molecular complexity index is 1870. The number of aromatic carboxylic acids is 1. The topological polar surface area (TPSA) is 77.2 Å². The van der Waals surface area contributed by atoms with Gasteiger partial charge in [0.15, 0.2) is 23.1 Å². The fourth-order valence-electron chi connectivity index (χ4n) is 4.56. The molecule has 0 bridgehead atoms. The van der Waals surface area contributed by atoms with Crippen molar-refractivity contribution in [1.29, 1.82) is 0 Å². The average molecular weight is 633 g/mol. The molecule has 2 heterocycles. The molecule has 0 aliphatic carbocycles. The molecule has 0 spiro atoms. The van der Waals surface area contributed by atoms with Gasteiger partial charge in [0.2, 0.25) is 0 Å². The van der Waals surface area contributed by atoms with Crippen LogP contribution >= 0.6 is 0 Å². The van der Waals surface area contributed by atoms with Gasteiger partial charge in [-0.2, -0.15) is 31.4 Å². The number of rotatable bonds is 7. The lowest BCUT2D eigenvalue weighted by atomic mass is 10.0. The molecule has 14 heteroatoms. The molecule has 5 rings (SSSR count). The van der Waals surface area contributed by atoms with E-state index < -0.39 is 64.4 Å². The Morgan fingerprint density at radius 3 is 2.07 bits per heavy atom. The highest BCUT2D eigenvalue weighted by Gasteiger charge is 2.41. The number of alkyl halides is 6. The summed E-state index contributed by atoms with van der Waals surface area (Å²) < 4.78 is 116. The summed E-state index contributed by atoms with van der Waals surface area (Å²) in [6, 6.07) is 16.1. The summed E-state index contributed by atoms with van der Waals surface area (Å²) >= 11 is 0. The second-order valence-electron chi connectivity index (χ2n) is 9.72. The van der Waals surface area contributed by atoms with Crippen molar-refractivity contribution in [3.63, 3.8) is 0 Å². The van der Waals surface area contributed by atoms with Gasteiger partial charge in [-0.05, 0) is 53.9 Å². The summed E-state index contributed by atoms with van der Waals surface area (Å²) in [4.78, 5) is 15.4. The minimum atomic E-state index is -5.13. The Morgan fingerprint density at radius 1 is 0.867 bits per heavy atom. The van der Waals surface area contributed by atoms with Crippen LogP contribution in [0, 0.1) is 11.6 Å². The number of benzene rings is 3. The molecule has 2 aromatic heterocycles. The summed E-state index contributed by atoms with van der Waals surface area (Å²) in [7, 11) is 0. The van der Waals surface area contributed by atoms with Crippen molar-refractivity contribution in [2.45, 2.75) is 25.4 Å². The molecule has 0 radical (unpaired) electrons. The molecule has 0 saturated carbocycles. The van der Waals surface area contributed by atoms with Crippen LogP contribution in [-0.2, 0) is 12.4 Å². The van der Waals surface area contributed by atoms with Crippen molar-refractivity contribution in [2.75, 3.05) is 0 Å². The van der Waals surface area contributed by atoms with Gasteiger partial charge >= 0.3 is 18.3 Å². The fourth-order valence-corrected chi connectivity index (χ4v) is 4.56. The summed E-state index contributed by atoms with van der Waals surface area (Å²) in [5.74, 6) is -4.97. The summed E-state index contributed by atoms with van der Waals surface area (Å²) in [5.41, 5.74) is -2.34. The van der Waals surface area contributed by atoms with E-state index in [-0.39, 0.29) is 15.9 Å². The maximum atomic E-state index is 15.1. The van der Waals surface area contributed by atoms with E-state index in [1.165, 1.54) is 24.3 Å². The number of aromatic nitrogens is 3. The molecule has 5 aromatic rings. The van der Waals surface area contributed by atoms with Gasteiger partial charge in [0.25, 0.3) is 0 Å². The van der Waals surface area contributed by atoms with Crippen LogP contribution < -0.4 is 4.74 Å². The second kappa shape index (κ2) is 11.7. The van der Waals surface area contributed by atoms with E-state index >= 15 is 4.39 Å². The van der Waals surface area contributed by atoms with E-state index in [0.717, 1.165) is 24.3 Å². The molecular weight excluding hydrogens is 614 g/mol. The van der Waals surface area contributed by atoms with E-state index in [1.807, 2.05) is 0 Å². The molecule has 1 N–H and O–H groups in total. The zero-order valence-corrected chi connectivity index (χ0v) is 22.8. The Kier molecular flexibility index (Phi) is 8.08. The normalized spacial score (nSPS) is 12.6. The van der Waals surface area contributed by atoms with Crippen LogP contribution in [0.5, 0.6) is 5.75 Å². The van der Waals surface area contributed by atoms with Gasteiger partial charge < -0.3 is 9.84 Å². The van der Waals surface area contributed by atoms with Gasteiger partial charge in [-0.25, -0.2) is 23.2 Å². The Balaban J connectivity index is 1.46. The Morgan fingerprint density at radius 2 is 1.49 bits per heavy atom. The molecule has 3 aromatic carbocycles. The molecule has 0 amide bonds. The summed E-state index contributed by atoms with van der Waals surface area (Å²) in [6.07, 6.45) is -9.95. The maximum Gasteiger partial charge on any atom is 0.434 e. The van der Waals surface area contributed by atoms with Crippen molar-refractivity contribution in [1.82, 2.24) is 14.8 Å². The lowest BCUT2D eigenvalue weighted by Crippen LogP contribution is -2.18. The molecule has 0 aliphatic heterocycles. The van der Waals surface area contributed by atoms with Gasteiger partial charge in [-0.3, -0.25) is 0 Å². The molecule has 0 aliphatic rings. The summed E-state index contributed by atoms with van der Waals surface area (Å²) in [5, 5.41) is 12.7. The highest BCUT2D eigenvalue weighted by Crippen LogP contribution is 2.38. The van der Waals surface area contributed by atoms with E-state index in [2.05, 4.69) is 10.1 Å². The van der Waals surface area contributed by atoms with Crippen LogP contribution in [0.15, 0.2) is 85.1 Å². The zero-order valence-electron chi connectivity index (χ0n) is 22.8. The molecular formula is C31H19F8N3O3. The van der Waals surface area contributed by atoms with Gasteiger partial charge in [-0.1, -0.05) is 42.5 Å². The lowest BCUT2D eigenvalue weighted by Gasteiger charge is -2.19. The number of nitrogens with zero attached hydrogens (tertiary/aromatic N) is 3. The Labute approximate surface area is 249 Å². The molecule has 6 nitrogen and oxygen atoms in total. The van der Waals surface area contributed by atoms with Gasteiger partial charge in [0.05, 0.1) is 17.5 Å². The van der Waals surface area contributed by atoms with Crippen LogP contribution in [0.2, 0.25) is 0 Å². The van der Waals surface area contributed by atoms with Crippen molar-refractivity contribution in [3.05, 3.63) is 119 Å². The van der Waals surface area contributed by atoms with E-state index in [9.17, 15) is 40.6 Å². The number of carboxylic acid groups (broad SMARTS) is 1. The summed E-state index contributed by atoms with van der Waals surface area (Å²) in [6.45, 7) is 1.55.